The third kappa shape index (κ3) is 12.8. The summed E-state index contributed by atoms with van der Waals surface area (Å²) in [6, 6.07) is 8.41. The lowest BCUT2D eigenvalue weighted by molar-refractivity contribution is -0.354. The molecule has 0 spiro atoms. The summed E-state index contributed by atoms with van der Waals surface area (Å²) < 4.78 is 70.9. The van der Waals surface area contributed by atoms with E-state index in [0.29, 0.717) is 48.3 Å². The van der Waals surface area contributed by atoms with E-state index in [1.807, 2.05) is 0 Å². The molecule has 0 aromatic heterocycles. The number of carboxylic acid groups (broad SMARTS) is 1. The molecule has 14 heteroatoms. The average Bonchev–Trinajstić information content (AvgIpc) is 3.48. The minimum Gasteiger partial charge on any atom is -0.483 e. The van der Waals surface area contributed by atoms with E-state index in [0.717, 1.165) is 51.5 Å². The van der Waals surface area contributed by atoms with Gasteiger partial charge in [0.25, 0.3) is 6.47 Å². The van der Waals surface area contributed by atoms with Gasteiger partial charge in [-0.15, -0.1) is 13.2 Å². The van der Waals surface area contributed by atoms with Crippen molar-refractivity contribution in [2.24, 2.45) is 28.6 Å². The van der Waals surface area contributed by atoms with Crippen molar-refractivity contribution in [2.75, 3.05) is 44.3 Å². The molecule has 0 bridgehead atoms. The maximum Gasteiger partial charge on any atom is 0.522 e. The molecule has 8 atom stereocenters. The molecule has 2 heterocycles. The minimum absolute atomic E-state index is 0.111. The summed E-state index contributed by atoms with van der Waals surface area (Å²) in [4.78, 5) is 13.6. The molecule has 2 saturated carbocycles. The molecule has 58 heavy (non-hydrogen) atoms. The summed E-state index contributed by atoms with van der Waals surface area (Å²) in [6.07, 6.45) is 7.74. The summed E-state index contributed by atoms with van der Waals surface area (Å²) in [7, 11) is 12.1. The molecular weight excluding hydrogens is 767 g/mol. The van der Waals surface area contributed by atoms with Crippen LogP contribution in [0, 0.1) is 28.6 Å². The largest absolute Gasteiger partial charge is 0.522 e. The van der Waals surface area contributed by atoms with Crippen molar-refractivity contribution in [1.82, 2.24) is 9.80 Å². The number of fused-ring (bicyclic) bond motifs is 5. The van der Waals surface area contributed by atoms with E-state index in [2.05, 4.69) is 80.7 Å². The van der Waals surface area contributed by atoms with Gasteiger partial charge in [-0.05, 0) is 174 Å². The molecular formula is C44H70B2F5N3O3S. The number of halogens is 5. The monoisotopic (exact) mass is 838 g/mol. The smallest absolute Gasteiger partial charge is 0.483 e. The molecule has 4 fully saturated rings. The van der Waals surface area contributed by atoms with E-state index in [1.54, 1.807) is 0 Å². The normalized spacial score (nSPS) is 30.5. The highest BCUT2D eigenvalue weighted by Crippen LogP contribution is 2.64. The average molecular weight is 838 g/mol. The first-order chi connectivity index (χ1) is 27.1. The maximum absolute atomic E-state index is 13.4. The van der Waals surface area contributed by atoms with E-state index >= 15 is 0 Å². The second kappa shape index (κ2) is 20.6. The Morgan fingerprint density at radius 3 is 2.19 bits per heavy atom. The van der Waals surface area contributed by atoms with Gasteiger partial charge in [0.2, 0.25) is 0 Å². The summed E-state index contributed by atoms with van der Waals surface area (Å²) in [5.41, 5.74) is -0.804. The van der Waals surface area contributed by atoms with E-state index in [9.17, 15) is 22.0 Å². The van der Waals surface area contributed by atoms with Crippen LogP contribution in [0.2, 0.25) is 0 Å². The predicted molar refractivity (Wildman–Crippen MR) is 230 cm³/mol. The summed E-state index contributed by atoms with van der Waals surface area (Å²) in [6.45, 7) is 14.6. The van der Waals surface area contributed by atoms with Gasteiger partial charge >= 0.3 is 6.36 Å². The standard InChI is InChI=1S/C37H58F3N3O.C6H10B2F2S.CH2O2/c1-6-35(2,3)17-11-25-23-26-24-28(41-27-13-21-43(22-14-27)29-15-19-42(5)20-16-29)7-8-30(26)31-12-18-36(4)32(34(25)31)9-10-33(36)44-37(38,39)40;1-5(7,9)6(8,10)3-2-4-11;2-1-3/h7-8,24-25,27,29,31-34,41H,6,9-23H2,1-5H3;11H,2-4H2,1H3;1H,(H,2,3)/t25-,31?,32?,33?,34?,36?;;/m1../s1. The second-order valence-corrected chi connectivity index (χ2v) is 19.7. The van der Waals surface area contributed by atoms with Crippen LogP contribution < -0.4 is 5.32 Å². The SMILES string of the molecule is CCC(C)(C)CC[C@@H]1Cc2cc(NC3CCN(C4CCN(C)CC4)CC3)ccc2C2CCC3(C)C(OC(F)(F)F)CCC3C21.O=CO.[B]C(C)(F)C([B])(F)CCCS. The van der Waals surface area contributed by atoms with Gasteiger partial charge in [0, 0.05) is 30.9 Å². The minimum atomic E-state index is -4.56. The number of ether oxygens (including phenoxy) is 1. The molecule has 4 radical (unpaired) electrons. The molecule has 6 nitrogen and oxygen atoms in total. The van der Waals surface area contributed by atoms with E-state index < -0.39 is 29.0 Å². The van der Waals surface area contributed by atoms with Gasteiger partial charge in [-0.25, -0.2) is 0 Å². The summed E-state index contributed by atoms with van der Waals surface area (Å²) in [5.74, 6) is 2.17. The van der Waals surface area contributed by atoms with Crippen LogP contribution in [0.15, 0.2) is 18.2 Å². The molecule has 2 N–H and O–H groups in total. The summed E-state index contributed by atoms with van der Waals surface area (Å²) in [5, 5.41) is 10.8. The van der Waals surface area contributed by atoms with Crippen molar-refractivity contribution in [1.29, 1.82) is 0 Å². The van der Waals surface area contributed by atoms with Crippen molar-refractivity contribution >= 4 is 40.5 Å². The number of piperidine rings is 2. The zero-order valence-electron chi connectivity index (χ0n) is 35.9. The molecule has 2 aliphatic heterocycles. The highest BCUT2D eigenvalue weighted by Gasteiger charge is 2.59. The Morgan fingerprint density at radius 1 is 0.983 bits per heavy atom. The number of benzene rings is 1. The number of hydrogen-bond acceptors (Lipinski definition) is 6. The van der Waals surface area contributed by atoms with Gasteiger partial charge in [-0.1, -0.05) is 40.2 Å². The zero-order chi connectivity index (χ0) is 43.1. The Hall–Kier alpha value is -1.50. The van der Waals surface area contributed by atoms with Gasteiger partial charge in [-0.2, -0.15) is 12.6 Å². The van der Waals surface area contributed by atoms with Gasteiger partial charge in [0.05, 0.1) is 17.2 Å². The number of anilines is 1. The highest BCUT2D eigenvalue weighted by molar-refractivity contribution is 7.80. The molecule has 5 aliphatic rings. The third-order valence-corrected chi connectivity index (χ3v) is 15.2. The van der Waals surface area contributed by atoms with Crippen molar-refractivity contribution in [3.8, 4) is 0 Å². The molecule has 7 unspecified atom stereocenters. The van der Waals surface area contributed by atoms with E-state index in [-0.39, 0.29) is 18.3 Å². The Labute approximate surface area is 354 Å². The molecule has 3 aliphatic carbocycles. The van der Waals surface area contributed by atoms with E-state index in [4.69, 9.17) is 30.3 Å². The van der Waals surface area contributed by atoms with Crippen molar-refractivity contribution in [3.05, 3.63) is 29.3 Å². The first kappa shape index (κ1) is 49.2. The van der Waals surface area contributed by atoms with Gasteiger partial charge < -0.3 is 20.2 Å². The molecule has 326 valence electrons. The van der Waals surface area contributed by atoms with Crippen molar-refractivity contribution in [3.63, 3.8) is 0 Å². The number of alkyl halides is 5. The summed E-state index contributed by atoms with van der Waals surface area (Å²) >= 11 is 3.84. The van der Waals surface area contributed by atoms with Gasteiger partial charge in [0.15, 0.2) is 0 Å². The maximum atomic E-state index is 13.4. The fourth-order valence-electron chi connectivity index (χ4n) is 10.8. The molecule has 0 amide bonds. The molecule has 2 saturated heterocycles. The van der Waals surface area contributed by atoms with Crippen molar-refractivity contribution in [2.45, 2.75) is 166 Å². The van der Waals surface area contributed by atoms with Gasteiger partial charge in [-0.3, -0.25) is 18.3 Å². The Morgan fingerprint density at radius 2 is 1.62 bits per heavy atom. The van der Waals surface area contributed by atoms with Crippen LogP contribution in [0.4, 0.5) is 27.6 Å². The number of hydrogen-bond donors (Lipinski definition) is 3. The second-order valence-electron chi connectivity index (χ2n) is 19.3. The Bertz CT molecular complexity index is 1440. The number of likely N-dealkylation sites (tertiary alicyclic amines) is 2. The molecule has 1 aromatic rings. The fraction of sp³-hybridized carbons (Fsp3) is 0.841. The lowest BCUT2D eigenvalue weighted by Crippen LogP contribution is -2.49. The number of carbonyl (C=O) groups is 1. The van der Waals surface area contributed by atoms with Gasteiger partial charge in [0.1, 0.15) is 15.7 Å². The number of rotatable bonds is 12. The van der Waals surface area contributed by atoms with Crippen LogP contribution >= 0.6 is 12.6 Å². The highest BCUT2D eigenvalue weighted by atomic mass is 32.1. The Balaban J connectivity index is 0.000000457. The van der Waals surface area contributed by atoms with Crippen molar-refractivity contribution < 1.29 is 36.6 Å². The lowest BCUT2D eigenvalue weighted by Gasteiger charge is -2.54. The first-order valence-electron chi connectivity index (χ1n) is 21.8. The first-order valence-corrected chi connectivity index (χ1v) is 22.4. The number of nitrogens with zero attached hydrogens (tertiary/aromatic N) is 2. The molecule has 6 rings (SSSR count). The number of thiol groups is 1. The lowest BCUT2D eigenvalue weighted by atomic mass is 9.51. The van der Waals surface area contributed by atoms with E-state index in [1.165, 1.54) is 75.1 Å². The van der Waals surface area contributed by atoms with Crippen LogP contribution in [-0.4, -0.2) is 112 Å². The van der Waals surface area contributed by atoms with Crippen LogP contribution in [0.25, 0.3) is 0 Å². The Kier molecular flexibility index (Phi) is 17.4. The topological polar surface area (TPSA) is 65.0 Å². The van der Waals surface area contributed by atoms with Crippen LogP contribution in [0.3, 0.4) is 0 Å². The van der Waals surface area contributed by atoms with Crippen LogP contribution in [0.5, 0.6) is 0 Å². The van der Waals surface area contributed by atoms with Crippen LogP contribution in [-0.2, 0) is 16.0 Å². The fourth-order valence-corrected chi connectivity index (χ4v) is 11.0. The molecule has 1 aromatic carbocycles. The quantitative estimate of drug-likeness (QED) is 0.0844. The third-order valence-electron chi connectivity index (χ3n) is 14.9. The zero-order valence-corrected chi connectivity index (χ0v) is 36.8. The predicted octanol–water partition coefficient (Wildman–Crippen LogP) is 9.95. The van der Waals surface area contributed by atoms with Crippen LogP contribution in [0.1, 0.15) is 135 Å². The number of nitrogens with one attached hydrogen (secondary N) is 1.